The largest absolute Gasteiger partial charge is 0.437 e. The van der Waals surface area contributed by atoms with Gasteiger partial charge in [-0.1, -0.05) is 54.6 Å². The number of rotatable bonds is 2. The molecule has 4 aromatic heterocycles. The predicted molar refractivity (Wildman–Crippen MR) is 132 cm³/mol. The Balaban J connectivity index is 1.64. The summed E-state index contributed by atoms with van der Waals surface area (Å²) in [6, 6.07) is 28.8. The molecule has 3 aromatic carbocycles. The molecule has 0 saturated heterocycles. The summed E-state index contributed by atoms with van der Waals surface area (Å²) in [5.41, 5.74) is 5.97. The predicted octanol–water partition coefficient (Wildman–Crippen LogP) is 6.84. The molecule has 0 aliphatic heterocycles. The monoisotopic (exact) mass is 426 g/mol. The standard InChI is InChI=1S/C28H18N4O/c1-17-14-15-22-21-12-7-13-23(25(21)33-28(22)30-17)27-31-26-24(32(27)19-9-3-2-4-10-19)20-11-6-5-8-18(20)16-29-26/h2-16H,1H3. The lowest BCUT2D eigenvalue weighted by Gasteiger charge is -2.11. The molecule has 7 rings (SSSR count). The Morgan fingerprint density at radius 3 is 2.45 bits per heavy atom. The van der Waals surface area contributed by atoms with Gasteiger partial charge in [0.2, 0.25) is 5.71 Å². The second-order valence-corrected chi connectivity index (χ2v) is 8.21. The zero-order chi connectivity index (χ0) is 21.9. The zero-order valence-corrected chi connectivity index (χ0v) is 17.9. The summed E-state index contributed by atoms with van der Waals surface area (Å²) >= 11 is 0. The van der Waals surface area contributed by atoms with Gasteiger partial charge < -0.3 is 4.42 Å². The van der Waals surface area contributed by atoms with Gasteiger partial charge in [-0.3, -0.25) is 4.57 Å². The second-order valence-electron chi connectivity index (χ2n) is 8.21. The van der Waals surface area contributed by atoms with Crippen LogP contribution in [0, 0.1) is 6.92 Å². The molecule has 0 bridgehead atoms. The smallest absolute Gasteiger partial charge is 0.227 e. The molecule has 0 atom stereocenters. The van der Waals surface area contributed by atoms with Crippen LogP contribution < -0.4 is 0 Å². The van der Waals surface area contributed by atoms with Gasteiger partial charge in [0.25, 0.3) is 0 Å². The molecule has 0 unspecified atom stereocenters. The van der Waals surface area contributed by atoms with E-state index in [0.717, 1.165) is 55.4 Å². The van der Waals surface area contributed by atoms with Gasteiger partial charge in [-0.2, -0.15) is 0 Å². The van der Waals surface area contributed by atoms with Gasteiger partial charge in [0, 0.05) is 39.1 Å². The molecule has 0 aliphatic carbocycles. The Hall–Kier alpha value is -4.51. The molecule has 4 heterocycles. The maximum atomic E-state index is 6.31. The average Bonchev–Trinajstić information content (AvgIpc) is 3.42. The van der Waals surface area contributed by atoms with E-state index < -0.39 is 0 Å². The van der Waals surface area contributed by atoms with E-state index >= 15 is 0 Å². The van der Waals surface area contributed by atoms with Crippen molar-refractivity contribution >= 4 is 44.0 Å². The maximum absolute atomic E-state index is 6.31. The number of nitrogens with zero attached hydrogens (tertiary/aromatic N) is 4. The van der Waals surface area contributed by atoms with E-state index in [2.05, 4.69) is 58.1 Å². The van der Waals surface area contributed by atoms with Crippen molar-refractivity contribution in [2.75, 3.05) is 0 Å². The highest BCUT2D eigenvalue weighted by molar-refractivity contribution is 6.10. The van der Waals surface area contributed by atoms with E-state index in [9.17, 15) is 0 Å². The number of furan rings is 1. The van der Waals surface area contributed by atoms with Crippen LogP contribution in [0.3, 0.4) is 0 Å². The molecule has 0 fully saturated rings. The van der Waals surface area contributed by atoms with Crippen molar-refractivity contribution in [3.8, 4) is 17.1 Å². The highest BCUT2D eigenvalue weighted by Gasteiger charge is 2.21. The molecule has 7 aromatic rings. The minimum atomic E-state index is 0.642. The minimum Gasteiger partial charge on any atom is -0.437 e. The summed E-state index contributed by atoms with van der Waals surface area (Å²) in [7, 11) is 0. The third kappa shape index (κ3) is 2.62. The summed E-state index contributed by atoms with van der Waals surface area (Å²) in [5, 5.41) is 4.22. The van der Waals surface area contributed by atoms with Gasteiger partial charge >= 0.3 is 0 Å². The highest BCUT2D eigenvalue weighted by Crippen LogP contribution is 2.38. The minimum absolute atomic E-state index is 0.642. The van der Waals surface area contributed by atoms with Crippen molar-refractivity contribution < 1.29 is 4.42 Å². The number of imidazole rings is 1. The number of pyridine rings is 2. The van der Waals surface area contributed by atoms with Gasteiger partial charge in [0.05, 0.1) is 5.56 Å². The van der Waals surface area contributed by atoms with Gasteiger partial charge in [0.15, 0.2) is 11.5 Å². The molecule has 0 amide bonds. The van der Waals surface area contributed by atoms with Crippen molar-refractivity contribution in [2.45, 2.75) is 6.92 Å². The Morgan fingerprint density at radius 2 is 1.55 bits per heavy atom. The van der Waals surface area contributed by atoms with Crippen molar-refractivity contribution in [2.24, 2.45) is 0 Å². The van der Waals surface area contributed by atoms with Crippen LogP contribution in [-0.4, -0.2) is 19.5 Å². The van der Waals surface area contributed by atoms with Crippen LogP contribution in [0.4, 0.5) is 0 Å². The first-order valence-corrected chi connectivity index (χ1v) is 10.9. The highest BCUT2D eigenvalue weighted by atomic mass is 16.3. The summed E-state index contributed by atoms with van der Waals surface area (Å²) < 4.78 is 8.49. The van der Waals surface area contributed by atoms with Gasteiger partial charge in [0.1, 0.15) is 11.1 Å². The van der Waals surface area contributed by atoms with E-state index in [1.807, 2.05) is 49.5 Å². The molecule has 5 heteroatoms. The van der Waals surface area contributed by atoms with Crippen molar-refractivity contribution in [1.82, 2.24) is 19.5 Å². The zero-order valence-electron chi connectivity index (χ0n) is 17.9. The molecular formula is C28H18N4O. The maximum Gasteiger partial charge on any atom is 0.227 e. The summed E-state index contributed by atoms with van der Waals surface area (Å²) in [6.07, 6.45) is 1.89. The SMILES string of the molecule is Cc1ccc2c(n1)oc1c(-c3nc4ncc5ccccc5c4n3-c3ccccc3)cccc12. The first-order valence-electron chi connectivity index (χ1n) is 10.9. The number of aromatic nitrogens is 4. The first kappa shape index (κ1) is 18.1. The van der Waals surface area contributed by atoms with Crippen LogP contribution in [0.1, 0.15) is 5.69 Å². The van der Waals surface area contributed by atoms with Crippen LogP contribution >= 0.6 is 0 Å². The third-order valence-electron chi connectivity index (χ3n) is 6.16. The van der Waals surface area contributed by atoms with Crippen LogP contribution in [0.5, 0.6) is 0 Å². The van der Waals surface area contributed by atoms with Gasteiger partial charge in [-0.25, -0.2) is 15.0 Å². The average molecular weight is 426 g/mol. The fraction of sp³-hybridized carbons (Fsp3) is 0.0357. The number of hydrogen-bond donors (Lipinski definition) is 0. The molecule has 0 aliphatic rings. The van der Waals surface area contributed by atoms with Gasteiger partial charge in [-0.15, -0.1) is 0 Å². The third-order valence-corrected chi connectivity index (χ3v) is 6.16. The van der Waals surface area contributed by atoms with Crippen molar-refractivity contribution in [3.05, 3.63) is 96.8 Å². The topological polar surface area (TPSA) is 56.7 Å². The molecule has 156 valence electrons. The Bertz CT molecular complexity index is 1830. The van der Waals surface area contributed by atoms with E-state index in [0.29, 0.717) is 11.4 Å². The number of para-hydroxylation sites is 2. The van der Waals surface area contributed by atoms with Crippen molar-refractivity contribution in [1.29, 1.82) is 0 Å². The molecule has 0 radical (unpaired) electrons. The second kappa shape index (κ2) is 6.74. The summed E-state index contributed by atoms with van der Waals surface area (Å²) in [4.78, 5) is 14.3. The number of benzene rings is 3. The van der Waals surface area contributed by atoms with Crippen LogP contribution in [0.2, 0.25) is 0 Å². The fourth-order valence-electron chi connectivity index (χ4n) is 4.65. The number of aryl methyl sites for hydroxylation is 1. The van der Waals surface area contributed by atoms with E-state index in [-0.39, 0.29) is 0 Å². The Morgan fingerprint density at radius 1 is 0.727 bits per heavy atom. The van der Waals surface area contributed by atoms with Crippen LogP contribution in [0.25, 0.3) is 61.1 Å². The fourth-order valence-corrected chi connectivity index (χ4v) is 4.65. The Labute approximate surface area is 189 Å². The summed E-state index contributed by atoms with van der Waals surface area (Å²) in [5.74, 6) is 0.793. The lowest BCUT2D eigenvalue weighted by molar-refractivity contribution is 0.653. The molecule has 0 spiro atoms. The molecule has 0 saturated carbocycles. The van der Waals surface area contributed by atoms with E-state index in [4.69, 9.17) is 14.4 Å². The molecule has 33 heavy (non-hydrogen) atoms. The number of fused-ring (bicyclic) bond motifs is 6. The van der Waals surface area contributed by atoms with E-state index in [1.165, 1.54) is 0 Å². The molecular weight excluding hydrogens is 408 g/mol. The van der Waals surface area contributed by atoms with Crippen LogP contribution in [-0.2, 0) is 0 Å². The van der Waals surface area contributed by atoms with Crippen molar-refractivity contribution in [3.63, 3.8) is 0 Å². The lowest BCUT2D eigenvalue weighted by Crippen LogP contribution is -1.98. The van der Waals surface area contributed by atoms with E-state index in [1.54, 1.807) is 0 Å². The normalized spacial score (nSPS) is 11.8. The first-order chi connectivity index (χ1) is 16.3. The molecule has 5 nitrogen and oxygen atoms in total. The summed E-state index contributed by atoms with van der Waals surface area (Å²) in [6.45, 7) is 1.97. The van der Waals surface area contributed by atoms with Crippen LogP contribution in [0.15, 0.2) is 95.5 Å². The lowest BCUT2D eigenvalue weighted by atomic mass is 10.1. The number of hydrogen-bond acceptors (Lipinski definition) is 4. The quantitative estimate of drug-likeness (QED) is 0.304. The molecule has 0 N–H and O–H groups in total. The van der Waals surface area contributed by atoms with Gasteiger partial charge in [-0.05, 0) is 37.3 Å². The Kier molecular flexibility index (Phi) is 3.70.